The van der Waals surface area contributed by atoms with Crippen LogP contribution in [0, 0.1) is 19.8 Å². The van der Waals surface area contributed by atoms with Crippen LogP contribution in [0.1, 0.15) is 55.5 Å². The summed E-state index contributed by atoms with van der Waals surface area (Å²) in [5, 5.41) is 3.48. The molecule has 2 aliphatic rings. The molecule has 1 aromatic rings. The van der Waals surface area contributed by atoms with Gasteiger partial charge in [-0.25, -0.2) is 0 Å². The Balaban J connectivity index is 1.85. The Morgan fingerprint density at radius 3 is 2.62 bits per heavy atom. The Kier molecular flexibility index (Phi) is 4.03. The van der Waals surface area contributed by atoms with E-state index in [1.54, 1.807) is 0 Å². The third-order valence-electron chi connectivity index (χ3n) is 5.02. The van der Waals surface area contributed by atoms with Gasteiger partial charge in [0.05, 0.1) is 6.04 Å². The summed E-state index contributed by atoms with van der Waals surface area (Å²) in [7, 11) is 0. The molecule has 2 unspecified atom stereocenters. The number of hydrogen-bond acceptors (Lipinski definition) is 2. The third kappa shape index (κ3) is 2.84. The fraction of sp³-hybridized carbons (Fsp3) is 0.611. The van der Waals surface area contributed by atoms with Gasteiger partial charge in [0.15, 0.2) is 0 Å². The fourth-order valence-corrected chi connectivity index (χ4v) is 3.83. The number of nitrogens with one attached hydrogen (secondary N) is 1. The summed E-state index contributed by atoms with van der Waals surface area (Å²) in [5.74, 6) is 0.946. The summed E-state index contributed by atoms with van der Waals surface area (Å²) in [6.07, 6.45) is 5.25. The number of carbonyl (C=O) groups is 1. The highest BCUT2D eigenvalue weighted by molar-refractivity contribution is 5.84. The van der Waals surface area contributed by atoms with Crippen LogP contribution >= 0.6 is 0 Å². The van der Waals surface area contributed by atoms with Crippen molar-refractivity contribution in [2.75, 3.05) is 6.54 Å². The largest absolute Gasteiger partial charge is 0.321 e. The molecule has 2 atom stereocenters. The van der Waals surface area contributed by atoms with Crippen molar-refractivity contribution in [1.29, 1.82) is 0 Å². The third-order valence-corrected chi connectivity index (χ3v) is 5.02. The van der Waals surface area contributed by atoms with Gasteiger partial charge in [-0.15, -0.1) is 0 Å². The molecule has 1 saturated carbocycles. The molecule has 1 saturated heterocycles. The van der Waals surface area contributed by atoms with Crippen molar-refractivity contribution in [3.05, 3.63) is 34.9 Å². The zero-order valence-electron chi connectivity index (χ0n) is 13.4. The first-order chi connectivity index (χ1) is 10.1. The fourth-order valence-electron chi connectivity index (χ4n) is 3.83. The van der Waals surface area contributed by atoms with Crippen molar-refractivity contribution in [2.24, 2.45) is 5.92 Å². The monoisotopic (exact) mass is 286 g/mol. The Morgan fingerprint density at radius 2 is 1.95 bits per heavy atom. The second kappa shape index (κ2) is 5.80. The molecule has 3 rings (SSSR count). The summed E-state index contributed by atoms with van der Waals surface area (Å²) in [6.45, 7) is 7.15. The number of hydrogen-bond donors (Lipinski definition) is 1. The van der Waals surface area contributed by atoms with Gasteiger partial charge in [-0.2, -0.15) is 0 Å². The van der Waals surface area contributed by atoms with Crippen LogP contribution in [0.2, 0.25) is 0 Å². The van der Waals surface area contributed by atoms with Crippen LogP contribution < -0.4 is 5.32 Å². The van der Waals surface area contributed by atoms with Gasteiger partial charge >= 0.3 is 0 Å². The highest BCUT2D eigenvalue weighted by Crippen LogP contribution is 2.32. The van der Waals surface area contributed by atoms with E-state index >= 15 is 0 Å². The average molecular weight is 286 g/mol. The Bertz CT molecular complexity index is 534. The van der Waals surface area contributed by atoms with Gasteiger partial charge in [-0.05, 0) is 50.7 Å². The molecular formula is C18H26N2O. The van der Waals surface area contributed by atoms with Crippen LogP contribution in [-0.2, 0) is 4.79 Å². The molecule has 1 heterocycles. The van der Waals surface area contributed by atoms with E-state index in [0.717, 1.165) is 6.54 Å². The molecule has 0 spiro atoms. The number of nitrogens with zero attached hydrogens (tertiary/aromatic N) is 1. The first-order valence-electron chi connectivity index (χ1n) is 8.20. The van der Waals surface area contributed by atoms with E-state index in [0.29, 0.717) is 5.92 Å². The summed E-state index contributed by atoms with van der Waals surface area (Å²) in [4.78, 5) is 14.6. The van der Waals surface area contributed by atoms with Crippen LogP contribution in [0.4, 0.5) is 0 Å². The second-order valence-electron chi connectivity index (χ2n) is 6.79. The van der Waals surface area contributed by atoms with E-state index in [9.17, 15) is 4.79 Å². The first kappa shape index (κ1) is 14.6. The Hall–Kier alpha value is -1.35. The summed E-state index contributed by atoms with van der Waals surface area (Å²) >= 11 is 0. The number of carbonyl (C=O) groups excluding carboxylic acids is 1. The molecule has 3 nitrogen and oxygen atoms in total. The molecule has 0 aromatic heterocycles. The molecule has 1 aliphatic heterocycles. The minimum absolute atomic E-state index is 0.0497. The van der Waals surface area contributed by atoms with Crippen LogP contribution in [0.5, 0.6) is 0 Å². The highest BCUT2D eigenvalue weighted by atomic mass is 16.2. The molecule has 21 heavy (non-hydrogen) atoms. The molecule has 2 fully saturated rings. The summed E-state index contributed by atoms with van der Waals surface area (Å²) < 4.78 is 0. The molecule has 1 aromatic carbocycles. The van der Waals surface area contributed by atoms with Gasteiger partial charge in [-0.1, -0.05) is 36.6 Å². The van der Waals surface area contributed by atoms with Crippen LogP contribution in [-0.4, -0.2) is 23.4 Å². The van der Waals surface area contributed by atoms with Crippen molar-refractivity contribution in [1.82, 2.24) is 10.2 Å². The Morgan fingerprint density at radius 1 is 1.24 bits per heavy atom. The SMILES string of the molecule is Cc1ccc(C2NC(C)C(=O)N2CC2CCCC2)c(C)c1. The molecule has 3 heteroatoms. The van der Waals surface area contributed by atoms with Crippen molar-refractivity contribution in [3.8, 4) is 0 Å². The van der Waals surface area contributed by atoms with Gasteiger partial charge in [0.1, 0.15) is 6.17 Å². The van der Waals surface area contributed by atoms with Crippen molar-refractivity contribution in [2.45, 2.75) is 58.7 Å². The molecule has 0 radical (unpaired) electrons. The van der Waals surface area contributed by atoms with E-state index in [1.807, 2.05) is 6.92 Å². The lowest BCUT2D eigenvalue weighted by atomic mass is 10.0. The van der Waals surface area contributed by atoms with E-state index in [1.165, 1.54) is 42.4 Å². The normalized spacial score (nSPS) is 26.8. The topological polar surface area (TPSA) is 32.3 Å². The zero-order chi connectivity index (χ0) is 15.0. The standard InChI is InChI=1S/C18H26N2O/c1-12-8-9-16(13(2)10-12)17-19-14(3)18(21)20(17)11-15-6-4-5-7-15/h8-10,14-15,17,19H,4-7,11H2,1-3H3. The maximum atomic E-state index is 12.5. The molecule has 1 N–H and O–H groups in total. The van der Waals surface area contributed by atoms with Gasteiger partial charge in [0, 0.05) is 6.54 Å². The van der Waals surface area contributed by atoms with Crippen molar-refractivity contribution < 1.29 is 4.79 Å². The average Bonchev–Trinajstić information content (AvgIpc) is 3.03. The lowest BCUT2D eigenvalue weighted by Crippen LogP contribution is -2.34. The minimum atomic E-state index is -0.0721. The van der Waals surface area contributed by atoms with Gasteiger partial charge in [-0.3, -0.25) is 10.1 Å². The van der Waals surface area contributed by atoms with Crippen LogP contribution in [0.3, 0.4) is 0 Å². The van der Waals surface area contributed by atoms with E-state index in [2.05, 4.69) is 42.3 Å². The van der Waals surface area contributed by atoms with Gasteiger partial charge in [0.2, 0.25) is 5.91 Å². The van der Waals surface area contributed by atoms with Crippen LogP contribution in [0.25, 0.3) is 0 Å². The molecule has 114 valence electrons. The van der Waals surface area contributed by atoms with E-state index < -0.39 is 0 Å². The molecule has 1 aliphatic carbocycles. The quantitative estimate of drug-likeness (QED) is 0.924. The van der Waals surface area contributed by atoms with Crippen LogP contribution in [0.15, 0.2) is 18.2 Å². The lowest BCUT2D eigenvalue weighted by molar-refractivity contribution is -0.130. The number of aryl methyl sites for hydroxylation is 2. The van der Waals surface area contributed by atoms with Crippen molar-refractivity contribution in [3.63, 3.8) is 0 Å². The number of benzene rings is 1. The molecule has 1 amide bonds. The first-order valence-corrected chi connectivity index (χ1v) is 8.20. The second-order valence-corrected chi connectivity index (χ2v) is 6.79. The molecule has 0 bridgehead atoms. The lowest BCUT2D eigenvalue weighted by Gasteiger charge is -2.28. The smallest absolute Gasteiger partial charge is 0.241 e. The summed E-state index contributed by atoms with van der Waals surface area (Å²) in [6, 6.07) is 6.45. The predicted octanol–water partition coefficient (Wildman–Crippen LogP) is 3.31. The highest BCUT2D eigenvalue weighted by Gasteiger charge is 2.38. The maximum Gasteiger partial charge on any atom is 0.241 e. The number of amides is 1. The van der Waals surface area contributed by atoms with Crippen molar-refractivity contribution >= 4 is 5.91 Å². The van der Waals surface area contributed by atoms with E-state index in [4.69, 9.17) is 0 Å². The predicted molar refractivity (Wildman–Crippen MR) is 84.9 cm³/mol. The van der Waals surface area contributed by atoms with E-state index in [-0.39, 0.29) is 18.1 Å². The zero-order valence-corrected chi connectivity index (χ0v) is 13.4. The number of rotatable bonds is 3. The molecular weight excluding hydrogens is 260 g/mol. The maximum absolute atomic E-state index is 12.5. The Labute approximate surface area is 127 Å². The van der Waals surface area contributed by atoms with Gasteiger partial charge in [0.25, 0.3) is 0 Å². The summed E-state index contributed by atoms with van der Waals surface area (Å²) in [5.41, 5.74) is 3.79. The minimum Gasteiger partial charge on any atom is -0.321 e. The van der Waals surface area contributed by atoms with Gasteiger partial charge < -0.3 is 4.90 Å².